The molecule has 6 nitrogen and oxygen atoms in total. The van der Waals surface area contributed by atoms with Crippen LogP contribution in [0.25, 0.3) is 11.3 Å². The van der Waals surface area contributed by atoms with Gasteiger partial charge in [-0.05, 0) is 24.1 Å². The highest BCUT2D eigenvalue weighted by atomic mass is 19.4. The Morgan fingerprint density at radius 1 is 1.10 bits per heavy atom. The van der Waals surface area contributed by atoms with Gasteiger partial charge in [-0.25, -0.2) is 4.68 Å². The van der Waals surface area contributed by atoms with Crippen LogP contribution in [-0.2, 0) is 19.3 Å². The summed E-state index contributed by atoms with van der Waals surface area (Å²) in [4.78, 5) is 14.5. The Hall–Kier alpha value is -2.23. The van der Waals surface area contributed by atoms with Crippen LogP contribution in [0.3, 0.4) is 0 Å². The van der Waals surface area contributed by atoms with Crippen LogP contribution in [0.1, 0.15) is 25.0 Å². The van der Waals surface area contributed by atoms with Gasteiger partial charge in [0.25, 0.3) is 5.56 Å². The van der Waals surface area contributed by atoms with E-state index in [0.717, 1.165) is 12.1 Å². The Labute approximate surface area is 167 Å². The molecule has 0 aliphatic carbocycles. The smallest absolute Gasteiger partial charge is 0.395 e. The van der Waals surface area contributed by atoms with Gasteiger partial charge in [-0.15, -0.1) is 0 Å². The Bertz CT molecular complexity index is 843. The molecule has 1 aromatic carbocycles. The first-order valence-corrected chi connectivity index (χ1v) is 9.38. The van der Waals surface area contributed by atoms with E-state index in [1.54, 1.807) is 11.0 Å². The quantitative estimate of drug-likeness (QED) is 0.660. The highest BCUT2D eigenvalue weighted by molar-refractivity contribution is 5.59. The van der Waals surface area contributed by atoms with Gasteiger partial charge in [0.15, 0.2) is 0 Å². The monoisotopic (exact) mass is 413 g/mol. The molecule has 2 N–H and O–H groups in total. The van der Waals surface area contributed by atoms with Crippen LogP contribution in [0.5, 0.6) is 0 Å². The molecule has 0 radical (unpaired) electrons. The second kappa shape index (κ2) is 10.00. The predicted molar refractivity (Wildman–Crippen MR) is 103 cm³/mol. The van der Waals surface area contributed by atoms with Crippen molar-refractivity contribution in [2.75, 3.05) is 26.3 Å². The van der Waals surface area contributed by atoms with Crippen molar-refractivity contribution in [1.82, 2.24) is 14.7 Å². The Morgan fingerprint density at radius 3 is 2.17 bits per heavy atom. The summed E-state index contributed by atoms with van der Waals surface area (Å²) >= 11 is 0. The van der Waals surface area contributed by atoms with Gasteiger partial charge >= 0.3 is 6.18 Å². The fourth-order valence-corrected chi connectivity index (χ4v) is 2.94. The first kappa shape index (κ1) is 23.1. The molecule has 0 spiro atoms. The molecular weight excluding hydrogens is 387 g/mol. The molecule has 0 atom stereocenters. The van der Waals surface area contributed by atoms with Crippen LogP contribution in [0, 0.1) is 5.92 Å². The zero-order chi connectivity index (χ0) is 21.6. The fraction of sp³-hybridized carbons (Fsp3) is 0.500. The van der Waals surface area contributed by atoms with Gasteiger partial charge in [0.2, 0.25) is 0 Å². The molecule has 0 aliphatic heterocycles. The number of rotatable bonds is 9. The molecule has 1 heterocycles. The van der Waals surface area contributed by atoms with Gasteiger partial charge in [-0.3, -0.25) is 9.69 Å². The van der Waals surface area contributed by atoms with E-state index in [-0.39, 0.29) is 44.3 Å². The number of hydrogen-bond acceptors (Lipinski definition) is 5. The summed E-state index contributed by atoms with van der Waals surface area (Å²) in [5, 5.41) is 22.7. The van der Waals surface area contributed by atoms with E-state index in [1.807, 2.05) is 13.8 Å². The van der Waals surface area contributed by atoms with Crippen molar-refractivity contribution in [3.05, 3.63) is 51.8 Å². The first-order chi connectivity index (χ1) is 13.7. The van der Waals surface area contributed by atoms with Crippen LogP contribution in [-0.4, -0.2) is 51.2 Å². The van der Waals surface area contributed by atoms with E-state index < -0.39 is 11.7 Å². The molecule has 160 valence electrons. The minimum Gasteiger partial charge on any atom is -0.395 e. The summed E-state index contributed by atoms with van der Waals surface area (Å²) in [6.07, 6.45) is -4.43. The number of aliphatic hydroxyl groups is 2. The van der Waals surface area contributed by atoms with Crippen LogP contribution in [0.15, 0.2) is 35.1 Å². The van der Waals surface area contributed by atoms with Crippen molar-refractivity contribution in [3.63, 3.8) is 0 Å². The summed E-state index contributed by atoms with van der Waals surface area (Å²) < 4.78 is 39.8. The minimum absolute atomic E-state index is 0.128. The molecule has 0 bridgehead atoms. The maximum absolute atomic E-state index is 12.8. The maximum Gasteiger partial charge on any atom is 0.416 e. The van der Waals surface area contributed by atoms with Crippen molar-refractivity contribution in [3.8, 4) is 11.3 Å². The van der Waals surface area contributed by atoms with Gasteiger partial charge in [0.05, 0.1) is 24.5 Å². The molecule has 0 fully saturated rings. The van der Waals surface area contributed by atoms with Crippen molar-refractivity contribution in [1.29, 1.82) is 0 Å². The highest BCUT2D eigenvalue weighted by Crippen LogP contribution is 2.30. The van der Waals surface area contributed by atoms with Gasteiger partial charge in [-0.1, -0.05) is 26.0 Å². The van der Waals surface area contributed by atoms with Gasteiger partial charge in [0.1, 0.15) is 0 Å². The zero-order valence-electron chi connectivity index (χ0n) is 16.5. The number of benzene rings is 1. The van der Waals surface area contributed by atoms with E-state index in [0.29, 0.717) is 23.4 Å². The van der Waals surface area contributed by atoms with E-state index in [2.05, 4.69) is 5.10 Å². The number of aliphatic hydroxyl groups excluding tert-OH is 2. The lowest BCUT2D eigenvalue weighted by atomic mass is 10.1. The lowest BCUT2D eigenvalue weighted by Crippen LogP contribution is -2.35. The number of alkyl halides is 3. The zero-order valence-corrected chi connectivity index (χ0v) is 16.5. The van der Waals surface area contributed by atoms with Gasteiger partial charge in [-0.2, -0.15) is 18.3 Å². The van der Waals surface area contributed by atoms with Crippen LogP contribution in [0.4, 0.5) is 13.2 Å². The first-order valence-electron chi connectivity index (χ1n) is 9.38. The lowest BCUT2D eigenvalue weighted by molar-refractivity contribution is -0.137. The number of hydrogen-bond donors (Lipinski definition) is 2. The Morgan fingerprint density at radius 2 is 1.69 bits per heavy atom. The minimum atomic E-state index is -4.43. The molecule has 0 unspecified atom stereocenters. The second-order valence-corrected chi connectivity index (χ2v) is 7.23. The molecule has 0 aliphatic rings. The second-order valence-electron chi connectivity index (χ2n) is 7.23. The van der Waals surface area contributed by atoms with Crippen molar-refractivity contribution < 1.29 is 23.4 Å². The van der Waals surface area contributed by atoms with E-state index >= 15 is 0 Å². The van der Waals surface area contributed by atoms with Gasteiger partial charge in [0, 0.05) is 37.3 Å². The van der Waals surface area contributed by atoms with E-state index in [4.69, 9.17) is 0 Å². The number of halogens is 3. The molecule has 1 aromatic heterocycles. The third-order valence-electron chi connectivity index (χ3n) is 4.32. The lowest BCUT2D eigenvalue weighted by Gasteiger charge is -2.21. The molecule has 2 aromatic rings. The van der Waals surface area contributed by atoms with Crippen LogP contribution >= 0.6 is 0 Å². The van der Waals surface area contributed by atoms with Crippen molar-refractivity contribution in [2.24, 2.45) is 5.92 Å². The van der Waals surface area contributed by atoms with E-state index in [1.165, 1.54) is 16.8 Å². The normalized spacial score (nSPS) is 12.2. The summed E-state index contributed by atoms with van der Waals surface area (Å²) in [7, 11) is 0. The van der Waals surface area contributed by atoms with E-state index in [9.17, 15) is 28.2 Å². The highest BCUT2D eigenvalue weighted by Gasteiger charge is 2.30. The predicted octanol–water partition coefficient (Wildman–Crippen LogP) is 2.37. The third-order valence-corrected chi connectivity index (χ3v) is 4.32. The number of aromatic nitrogens is 2. The maximum atomic E-state index is 12.8. The standard InChI is InChI=1S/C20H26F3N3O3/c1-14(2)12-26-19(29)16(13-25(7-9-27)8-10-28)11-18(24-26)15-3-5-17(6-4-15)20(21,22)23/h3-6,11,14,27-28H,7-10,12-13H2,1-2H3. The van der Waals surface area contributed by atoms with Gasteiger partial charge < -0.3 is 10.2 Å². The SMILES string of the molecule is CC(C)Cn1nc(-c2ccc(C(F)(F)F)cc2)cc(CN(CCO)CCO)c1=O. The Kier molecular flexibility index (Phi) is 7.95. The molecule has 29 heavy (non-hydrogen) atoms. The average molecular weight is 413 g/mol. The van der Waals surface area contributed by atoms with Crippen molar-refractivity contribution in [2.45, 2.75) is 33.1 Å². The van der Waals surface area contributed by atoms with Crippen LogP contribution < -0.4 is 5.56 Å². The molecule has 2 rings (SSSR count). The van der Waals surface area contributed by atoms with Crippen LogP contribution in [0.2, 0.25) is 0 Å². The fourth-order valence-electron chi connectivity index (χ4n) is 2.94. The topological polar surface area (TPSA) is 78.6 Å². The average Bonchev–Trinajstić information content (AvgIpc) is 2.64. The molecule has 0 amide bonds. The van der Waals surface area contributed by atoms with Crippen molar-refractivity contribution >= 4 is 0 Å². The summed E-state index contributed by atoms with van der Waals surface area (Å²) in [5.41, 5.74) is 0.205. The Balaban J connectivity index is 2.47. The third kappa shape index (κ3) is 6.38. The summed E-state index contributed by atoms with van der Waals surface area (Å²) in [5.74, 6) is 0.141. The number of nitrogens with zero attached hydrogens (tertiary/aromatic N) is 3. The molecule has 9 heteroatoms. The largest absolute Gasteiger partial charge is 0.416 e. The summed E-state index contributed by atoms with van der Waals surface area (Å²) in [6.45, 7) is 4.72. The molecule has 0 saturated heterocycles. The molecule has 0 saturated carbocycles. The summed E-state index contributed by atoms with van der Waals surface area (Å²) in [6, 6.07) is 6.19. The molecular formula is C20H26F3N3O3.